The Bertz CT molecular complexity index is 1220. The van der Waals surface area contributed by atoms with Gasteiger partial charge in [-0.05, 0) is 69.0 Å². The summed E-state index contributed by atoms with van der Waals surface area (Å²) >= 11 is 15.9. The van der Waals surface area contributed by atoms with Gasteiger partial charge in [-0.2, -0.15) is 0 Å². The van der Waals surface area contributed by atoms with Crippen LogP contribution in [0.15, 0.2) is 64.6 Å². The van der Waals surface area contributed by atoms with Crippen LogP contribution in [0.4, 0.5) is 5.69 Å². The van der Waals surface area contributed by atoms with Crippen molar-refractivity contribution in [3.05, 3.63) is 70.3 Å². The first kappa shape index (κ1) is 27.6. The number of nitrogens with zero attached hydrogens (tertiary/aromatic N) is 2. The van der Waals surface area contributed by atoms with Crippen LogP contribution in [0.5, 0.6) is 0 Å². The topological polar surface area (TPSA) is 62.5 Å². The van der Waals surface area contributed by atoms with Gasteiger partial charge in [-0.25, -0.2) is 0 Å². The van der Waals surface area contributed by atoms with Gasteiger partial charge in [-0.1, -0.05) is 47.8 Å². The molecule has 0 saturated heterocycles. The zero-order valence-electron chi connectivity index (χ0n) is 19.5. The van der Waals surface area contributed by atoms with Gasteiger partial charge in [0, 0.05) is 48.7 Å². The van der Waals surface area contributed by atoms with Crippen LogP contribution in [-0.2, 0) is 4.79 Å². The Morgan fingerprint density at radius 3 is 2.66 bits per heavy atom. The number of carbonyl (C=O) groups is 1. The van der Waals surface area contributed by atoms with Gasteiger partial charge < -0.3 is 5.11 Å². The first-order chi connectivity index (χ1) is 16.9. The first-order valence-electron chi connectivity index (χ1n) is 11.4. The zero-order valence-corrected chi connectivity index (χ0v) is 22.7. The number of halogens is 2. The summed E-state index contributed by atoms with van der Waals surface area (Å²) in [6.45, 7) is 5.72. The second-order valence-electron chi connectivity index (χ2n) is 7.96. The number of hydrogen-bond acceptors (Lipinski definition) is 5. The van der Waals surface area contributed by atoms with E-state index in [1.165, 1.54) is 4.90 Å². The van der Waals surface area contributed by atoms with E-state index in [1.54, 1.807) is 0 Å². The van der Waals surface area contributed by atoms with Crippen LogP contribution in [0.2, 0.25) is 10.0 Å². The maximum atomic E-state index is 11.0. The number of thioether (sulfide) groups is 2. The predicted octanol–water partition coefficient (Wildman–Crippen LogP) is 9.16. The maximum absolute atomic E-state index is 11.0. The van der Waals surface area contributed by atoms with Crippen LogP contribution < -0.4 is 0 Å². The molecule has 0 amide bonds. The molecule has 0 radical (unpaired) electrons. The molecule has 0 fully saturated rings. The fourth-order valence-corrected chi connectivity index (χ4v) is 6.65. The maximum Gasteiger partial charge on any atom is 0.303 e. The standard InChI is InChI=1S/C27H28Cl2N2O2S2/c1-3-25(21-10-8-18(28)16-23(21)30-2)35-20(6-4-5-7-27(32)33)13-15-34-26-12-14-31-24-17-19(29)9-11-22(24)26/h3,8-12,14,16-17,20H,2,4-7,13,15H2,1H3,(H,32,33)/b25-3+. The number of pyridine rings is 1. The number of aliphatic imine (C=N–C) groups is 1. The number of fused-ring (bicyclic) bond motifs is 1. The molecule has 0 aliphatic rings. The third kappa shape index (κ3) is 8.28. The van der Waals surface area contributed by atoms with Crippen LogP contribution in [0, 0.1) is 0 Å². The average Bonchev–Trinajstić information content (AvgIpc) is 2.84. The van der Waals surface area contributed by atoms with Crippen molar-refractivity contribution in [3.8, 4) is 0 Å². The summed E-state index contributed by atoms with van der Waals surface area (Å²) in [5, 5.41) is 11.7. The molecule has 1 atom stereocenters. The number of aromatic nitrogens is 1. The zero-order chi connectivity index (χ0) is 25.2. The highest BCUT2D eigenvalue weighted by atomic mass is 35.5. The van der Waals surface area contributed by atoms with Crippen LogP contribution >= 0.6 is 46.7 Å². The Morgan fingerprint density at radius 2 is 1.91 bits per heavy atom. The van der Waals surface area contributed by atoms with Crippen molar-refractivity contribution in [2.45, 2.75) is 49.2 Å². The van der Waals surface area contributed by atoms with Crippen LogP contribution in [0.25, 0.3) is 15.8 Å². The summed E-state index contributed by atoms with van der Waals surface area (Å²) in [5.41, 5.74) is 2.67. The molecule has 0 aliphatic heterocycles. The van der Waals surface area contributed by atoms with Gasteiger partial charge in [0.25, 0.3) is 0 Å². The third-order valence-corrected chi connectivity index (χ3v) is 8.57. The number of unbranched alkanes of at least 4 members (excludes halogenated alkanes) is 1. The van der Waals surface area contributed by atoms with E-state index >= 15 is 0 Å². The quantitative estimate of drug-likeness (QED) is 0.131. The van der Waals surface area contributed by atoms with Crippen molar-refractivity contribution in [3.63, 3.8) is 0 Å². The lowest BCUT2D eigenvalue weighted by Crippen LogP contribution is -2.06. The Labute approximate surface area is 225 Å². The molecule has 1 aromatic heterocycles. The van der Waals surface area contributed by atoms with Crippen molar-refractivity contribution >= 4 is 80.9 Å². The summed E-state index contributed by atoms with van der Waals surface area (Å²) in [4.78, 5) is 21.9. The number of carboxylic acid groups (broad SMARTS) is 1. The molecular weight excluding hydrogens is 519 g/mol. The highest BCUT2D eigenvalue weighted by molar-refractivity contribution is 8.08. The third-order valence-electron chi connectivity index (χ3n) is 5.48. The highest BCUT2D eigenvalue weighted by Gasteiger charge is 2.16. The van der Waals surface area contributed by atoms with Crippen LogP contribution in [0.1, 0.15) is 44.6 Å². The number of rotatable bonds is 13. The van der Waals surface area contributed by atoms with Crippen molar-refractivity contribution in [1.82, 2.24) is 4.98 Å². The van der Waals surface area contributed by atoms with Gasteiger partial charge in [0.2, 0.25) is 0 Å². The molecule has 3 aromatic rings. The second kappa shape index (κ2) is 13.9. The molecule has 3 rings (SSSR count). The minimum Gasteiger partial charge on any atom is -0.481 e. The molecule has 0 aliphatic carbocycles. The summed E-state index contributed by atoms with van der Waals surface area (Å²) in [5.74, 6) is 0.189. The van der Waals surface area contributed by atoms with Gasteiger partial charge in [-0.3, -0.25) is 14.8 Å². The lowest BCUT2D eigenvalue weighted by atomic mass is 10.1. The second-order valence-corrected chi connectivity index (χ2v) is 11.3. The Hall–Kier alpha value is -1.99. The SMILES string of the molecule is C=Nc1cc(Cl)ccc1/C(=C\C)SC(CCCCC(=O)O)CCSc1ccnc2cc(Cl)ccc12. The summed E-state index contributed by atoms with van der Waals surface area (Å²) in [6, 6.07) is 13.5. The van der Waals surface area contributed by atoms with Crippen molar-refractivity contribution in [1.29, 1.82) is 0 Å². The Kier molecular flexibility index (Phi) is 11.0. The molecule has 0 bridgehead atoms. The normalized spacial score (nSPS) is 12.6. The van der Waals surface area contributed by atoms with E-state index in [9.17, 15) is 4.79 Å². The van der Waals surface area contributed by atoms with E-state index in [-0.39, 0.29) is 6.42 Å². The van der Waals surface area contributed by atoms with Gasteiger partial charge in [-0.15, -0.1) is 23.5 Å². The molecule has 35 heavy (non-hydrogen) atoms. The van der Waals surface area contributed by atoms with E-state index in [0.29, 0.717) is 21.7 Å². The molecule has 8 heteroatoms. The number of hydrogen-bond donors (Lipinski definition) is 1. The van der Waals surface area contributed by atoms with E-state index in [2.05, 4.69) is 22.8 Å². The molecule has 0 spiro atoms. The molecule has 1 N–H and O–H groups in total. The van der Waals surface area contributed by atoms with Crippen molar-refractivity contribution < 1.29 is 9.90 Å². The van der Waals surface area contributed by atoms with E-state index in [4.69, 9.17) is 28.3 Å². The summed E-state index contributed by atoms with van der Waals surface area (Å²) < 4.78 is 0. The minimum absolute atomic E-state index is 0.204. The van der Waals surface area contributed by atoms with E-state index in [0.717, 1.165) is 52.1 Å². The lowest BCUT2D eigenvalue weighted by Gasteiger charge is -2.19. The number of allylic oxidation sites excluding steroid dienone is 1. The van der Waals surface area contributed by atoms with E-state index < -0.39 is 5.97 Å². The smallest absolute Gasteiger partial charge is 0.303 e. The van der Waals surface area contributed by atoms with Crippen molar-refractivity contribution in [2.75, 3.05) is 5.75 Å². The largest absolute Gasteiger partial charge is 0.481 e. The van der Waals surface area contributed by atoms with Gasteiger partial charge in [0.05, 0.1) is 11.2 Å². The minimum atomic E-state index is -0.744. The Morgan fingerprint density at radius 1 is 1.14 bits per heavy atom. The number of benzene rings is 2. The Balaban J connectivity index is 1.72. The predicted molar refractivity (Wildman–Crippen MR) is 154 cm³/mol. The number of carboxylic acids is 1. The fourth-order valence-electron chi connectivity index (χ4n) is 3.74. The van der Waals surface area contributed by atoms with Crippen LogP contribution in [-0.4, -0.2) is 33.8 Å². The van der Waals surface area contributed by atoms with Crippen LogP contribution in [0.3, 0.4) is 0 Å². The summed E-state index contributed by atoms with van der Waals surface area (Å²) in [7, 11) is 0. The van der Waals surface area contributed by atoms with Gasteiger partial charge >= 0.3 is 5.97 Å². The molecule has 1 heterocycles. The van der Waals surface area contributed by atoms with Gasteiger partial charge in [0.1, 0.15) is 0 Å². The number of aliphatic carboxylic acids is 1. The molecule has 184 valence electrons. The monoisotopic (exact) mass is 546 g/mol. The lowest BCUT2D eigenvalue weighted by molar-refractivity contribution is -0.137. The van der Waals surface area contributed by atoms with Crippen molar-refractivity contribution in [2.24, 2.45) is 4.99 Å². The van der Waals surface area contributed by atoms with Gasteiger partial charge in [0.15, 0.2) is 0 Å². The highest BCUT2D eigenvalue weighted by Crippen LogP contribution is 2.41. The molecule has 2 aromatic carbocycles. The summed E-state index contributed by atoms with van der Waals surface area (Å²) in [6.07, 6.45) is 7.59. The van der Waals surface area contributed by atoms with E-state index in [1.807, 2.05) is 79.1 Å². The fraction of sp³-hybridized carbons (Fsp3) is 0.296. The molecular formula is C27H28Cl2N2O2S2. The average molecular weight is 548 g/mol. The molecule has 0 saturated carbocycles. The molecule has 4 nitrogen and oxygen atoms in total. The first-order valence-corrected chi connectivity index (χ1v) is 14.0. The molecule has 1 unspecified atom stereocenters.